The number of rotatable bonds is 15. The first kappa shape index (κ1) is 27.4. The van der Waals surface area contributed by atoms with E-state index < -0.39 is 24.0 Å². The Labute approximate surface area is 202 Å². The molecule has 2 heterocycles. The van der Waals surface area contributed by atoms with Gasteiger partial charge in [0.2, 0.25) is 0 Å². The monoisotopic (exact) mass is 470 g/mol. The van der Waals surface area contributed by atoms with Gasteiger partial charge in [0, 0.05) is 24.5 Å². The van der Waals surface area contributed by atoms with Gasteiger partial charge < -0.3 is 10.2 Å². The van der Waals surface area contributed by atoms with Crippen molar-refractivity contribution in [3.63, 3.8) is 0 Å². The van der Waals surface area contributed by atoms with Crippen LogP contribution in [0.15, 0.2) is 36.4 Å². The van der Waals surface area contributed by atoms with Crippen molar-refractivity contribution in [2.24, 2.45) is 11.8 Å². The molecular weight excluding hydrogens is 432 g/mol. The molecule has 8 heteroatoms. The van der Waals surface area contributed by atoms with Gasteiger partial charge in [-0.2, -0.15) is 0 Å². The maximum Gasteiger partial charge on any atom is 0.320 e. The minimum atomic E-state index is -0.843. The van der Waals surface area contributed by atoms with Crippen LogP contribution in [0.4, 0.5) is 0 Å². The molecule has 2 atom stereocenters. The molecule has 0 aliphatic carbocycles. The Bertz CT molecular complexity index is 857. The minimum Gasteiger partial charge on any atom is -0.480 e. The number of carbonyl (C=O) groups is 2. The van der Waals surface area contributed by atoms with Crippen molar-refractivity contribution in [2.75, 3.05) is 0 Å². The molecule has 0 bridgehead atoms. The van der Waals surface area contributed by atoms with Crippen molar-refractivity contribution in [2.45, 2.75) is 78.6 Å². The van der Waals surface area contributed by atoms with Crippen LogP contribution in [0.1, 0.15) is 63.3 Å². The number of carboxylic acids is 2. The molecule has 8 nitrogen and oxygen atoms in total. The molecule has 0 saturated heterocycles. The van der Waals surface area contributed by atoms with Crippen molar-refractivity contribution in [1.82, 2.24) is 20.6 Å². The summed E-state index contributed by atoms with van der Waals surface area (Å²) in [4.78, 5) is 32.2. The molecule has 0 radical (unpaired) electrons. The first-order valence-corrected chi connectivity index (χ1v) is 12.0. The zero-order valence-electron chi connectivity index (χ0n) is 20.6. The van der Waals surface area contributed by atoms with Gasteiger partial charge in [-0.1, -0.05) is 39.8 Å². The highest BCUT2D eigenvalue weighted by Gasteiger charge is 2.19. The van der Waals surface area contributed by atoms with Gasteiger partial charge in [0.05, 0.1) is 11.4 Å². The predicted octanol–water partition coefficient (Wildman–Crippen LogP) is 3.44. The highest BCUT2D eigenvalue weighted by Crippen LogP contribution is 2.10. The SMILES string of the molecule is CC(C)C[C@H](NCc1cccc(CCc2cccc(CN[C@@H](CC(C)C)C(=O)O)n2)n1)C(=O)O. The number of hydrogen-bond acceptors (Lipinski definition) is 6. The molecule has 2 aromatic heterocycles. The van der Waals surface area contributed by atoms with Crippen LogP contribution >= 0.6 is 0 Å². The van der Waals surface area contributed by atoms with E-state index in [1.807, 2.05) is 64.1 Å². The molecule has 2 aromatic rings. The average molecular weight is 471 g/mol. The second kappa shape index (κ2) is 13.8. The van der Waals surface area contributed by atoms with Crippen LogP contribution < -0.4 is 10.6 Å². The summed E-state index contributed by atoms with van der Waals surface area (Å²) < 4.78 is 0. The van der Waals surface area contributed by atoms with E-state index in [4.69, 9.17) is 0 Å². The molecule has 0 aromatic carbocycles. The van der Waals surface area contributed by atoms with Crippen LogP contribution in [0.3, 0.4) is 0 Å². The van der Waals surface area contributed by atoms with Gasteiger partial charge in [0.25, 0.3) is 0 Å². The number of carboxylic acid groups (broad SMARTS) is 2. The van der Waals surface area contributed by atoms with Crippen LogP contribution in [-0.4, -0.2) is 44.2 Å². The molecule has 34 heavy (non-hydrogen) atoms. The van der Waals surface area contributed by atoms with Crippen molar-refractivity contribution in [3.05, 3.63) is 59.2 Å². The maximum absolute atomic E-state index is 11.5. The fourth-order valence-electron chi connectivity index (χ4n) is 3.73. The summed E-state index contributed by atoms with van der Waals surface area (Å²) in [7, 11) is 0. The molecule has 0 amide bonds. The molecule has 0 spiro atoms. The van der Waals surface area contributed by atoms with Crippen molar-refractivity contribution >= 4 is 11.9 Å². The van der Waals surface area contributed by atoms with Gasteiger partial charge in [0.1, 0.15) is 12.1 Å². The lowest BCUT2D eigenvalue weighted by atomic mass is 10.0. The number of pyridine rings is 2. The van der Waals surface area contributed by atoms with Crippen LogP contribution in [0.25, 0.3) is 0 Å². The van der Waals surface area contributed by atoms with E-state index in [-0.39, 0.29) is 11.8 Å². The number of aromatic nitrogens is 2. The molecule has 186 valence electrons. The van der Waals surface area contributed by atoms with E-state index in [9.17, 15) is 19.8 Å². The van der Waals surface area contributed by atoms with Crippen molar-refractivity contribution in [3.8, 4) is 0 Å². The van der Waals surface area contributed by atoms with Gasteiger partial charge in [-0.15, -0.1) is 0 Å². The van der Waals surface area contributed by atoms with E-state index in [1.54, 1.807) is 0 Å². The third-order valence-electron chi connectivity index (χ3n) is 5.44. The summed E-state index contributed by atoms with van der Waals surface area (Å²) in [5.41, 5.74) is 3.46. The highest BCUT2D eigenvalue weighted by molar-refractivity contribution is 5.73. The zero-order valence-corrected chi connectivity index (χ0v) is 20.6. The van der Waals surface area contributed by atoms with Gasteiger partial charge in [-0.3, -0.25) is 30.2 Å². The summed E-state index contributed by atoms with van der Waals surface area (Å²) in [6.07, 6.45) is 2.54. The lowest BCUT2D eigenvalue weighted by Crippen LogP contribution is -2.37. The molecule has 0 unspecified atom stereocenters. The Balaban J connectivity index is 1.92. The van der Waals surface area contributed by atoms with Gasteiger partial charge >= 0.3 is 11.9 Å². The van der Waals surface area contributed by atoms with Crippen LogP contribution in [0.2, 0.25) is 0 Å². The number of aliphatic carboxylic acids is 2. The third-order valence-corrected chi connectivity index (χ3v) is 5.44. The maximum atomic E-state index is 11.5. The smallest absolute Gasteiger partial charge is 0.320 e. The van der Waals surface area contributed by atoms with E-state index >= 15 is 0 Å². The Morgan fingerprint density at radius 2 is 1.06 bits per heavy atom. The number of nitrogens with zero attached hydrogens (tertiary/aromatic N) is 2. The van der Waals surface area contributed by atoms with E-state index in [0.29, 0.717) is 38.8 Å². The summed E-state index contributed by atoms with van der Waals surface area (Å²) >= 11 is 0. The second-order valence-corrected chi connectivity index (χ2v) is 9.54. The van der Waals surface area contributed by atoms with Gasteiger partial charge in [-0.05, 0) is 61.8 Å². The number of nitrogens with one attached hydrogen (secondary N) is 2. The summed E-state index contributed by atoms with van der Waals surface area (Å²) in [6.45, 7) is 8.82. The molecule has 0 aliphatic heterocycles. The summed E-state index contributed by atoms with van der Waals surface area (Å²) in [5, 5.41) is 25.0. The third kappa shape index (κ3) is 9.97. The van der Waals surface area contributed by atoms with Crippen LogP contribution in [0, 0.1) is 11.8 Å². The van der Waals surface area contributed by atoms with E-state index in [1.165, 1.54) is 0 Å². The fourth-order valence-corrected chi connectivity index (χ4v) is 3.73. The van der Waals surface area contributed by atoms with Gasteiger partial charge in [0.15, 0.2) is 0 Å². The number of aryl methyl sites for hydroxylation is 2. The topological polar surface area (TPSA) is 124 Å². The lowest BCUT2D eigenvalue weighted by molar-refractivity contribution is -0.140. The molecule has 0 aliphatic rings. The lowest BCUT2D eigenvalue weighted by Gasteiger charge is -2.16. The largest absolute Gasteiger partial charge is 0.480 e. The normalized spacial score (nSPS) is 13.2. The van der Waals surface area contributed by atoms with Crippen LogP contribution in [0.5, 0.6) is 0 Å². The molecule has 4 N–H and O–H groups in total. The summed E-state index contributed by atoms with van der Waals surface area (Å²) in [6, 6.07) is 10.4. The van der Waals surface area contributed by atoms with Crippen molar-refractivity contribution in [1.29, 1.82) is 0 Å². The Morgan fingerprint density at radius 1 is 0.706 bits per heavy atom. The Kier molecular flexibility index (Phi) is 11.1. The Hall–Kier alpha value is -2.84. The second-order valence-electron chi connectivity index (χ2n) is 9.54. The fraction of sp³-hybridized carbons (Fsp3) is 0.538. The average Bonchev–Trinajstić information content (AvgIpc) is 2.78. The number of hydrogen-bond donors (Lipinski definition) is 4. The minimum absolute atomic E-state index is 0.288. The van der Waals surface area contributed by atoms with Crippen molar-refractivity contribution < 1.29 is 19.8 Å². The van der Waals surface area contributed by atoms with Gasteiger partial charge in [-0.25, -0.2) is 0 Å². The first-order valence-electron chi connectivity index (χ1n) is 12.0. The summed E-state index contributed by atoms with van der Waals surface area (Å²) in [5.74, 6) is -1.11. The molecule has 2 rings (SSSR count). The van der Waals surface area contributed by atoms with E-state index in [2.05, 4.69) is 20.6 Å². The first-order chi connectivity index (χ1) is 16.1. The zero-order chi connectivity index (χ0) is 25.1. The van der Waals surface area contributed by atoms with Crippen LogP contribution in [-0.2, 0) is 35.5 Å². The molecule has 0 saturated carbocycles. The quantitative estimate of drug-likeness (QED) is 0.312. The Morgan fingerprint density at radius 3 is 1.38 bits per heavy atom. The standard InChI is InChI=1S/C26H38N4O4/c1-17(2)13-23(25(31)32)27-15-21-9-5-7-19(29-21)11-12-20-8-6-10-22(30-20)16-28-24(26(33)34)14-18(3)4/h5-10,17-18,23-24,27-28H,11-16H2,1-4H3,(H,31,32)(H,33,34)/t23-,24-/m0/s1. The molecule has 0 fully saturated rings. The highest BCUT2D eigenvalue weighted by atomic mass is 16.4. The molecular formula is C26H38N4O4. The predicted molar refractivity (Wildman–Crippen MR) is 131 cm³/mol. The van der Waals surface area contributed by atoms with E-state index in [0.717, 1.165) is 22.8 Å².